The first-order chi connectivity index (χ1) is 19.0. The number of amides is 1. The summed E-state index contributed by atoms with van der Waals surface area (Å²) in [5, 5.41) is 3.42. The summed E-state index contributed by atoms with van der Waals surface area (Å²) in [7, 11) is 1.23. The van der Waals surface area contributed by atoms with Gasteiger partial charge in [0.2, 0.25) is 0 Å². The molecule has 0 radical (unpaired) electrons. The topological polar surface area (TPSA) is 92.3 Å². The number of methoxy groups -OCH3 is 1. The molecule has 1 aliphatic heterocycles. The van der Waals surface area contributed by atoms with E-state index in [-0.39, 0.29) is 18.4 Å². The van der Waals surface area contributed by atoms with Crippen LogP contribution in [0, 0.1) is 0 Å². The zero-order valence-electron chi connectivity index (χ0n) is 22.5. The minimum Gasteiger partial charge on any atom is -0.489 e. The molecule has 1 amide bonds. The van der Waals surface area contributed by atoms with Crippen LogP contribution in [0.5, 0.6) is 17.2 Å². The average Bonchev–Trinajstić information content (AvgIpc) is 2.92. The molecule has 0 spiro atoms. The number of ether oxygens (including phenoxy) is 5. The van der Waals surface area contributed by atoms with Gasteiger partial charge in [-0.1, -0.05) is 47.5 Å². The Kier molecular flexibility index (Phi) is 9.12. The van der Waals surface area contributed by atoms with Crippen molar-refractivity contribution in [3.05, 3.63) is 93.1 Å². The van der Waals surface area contributed by atoms with E-state index in [9.17, 15) is 9.59 Å². The van der Waals surface area contributed by atoms with Crippen LogP contribution in [-0.2, 0) is 20.9 Å². The van der Waals surface area contributed by atoms with Gasteiger partial charge in [-0.15, -0.1) is 0 Å². The molecule has 1 aliphatic rings. The molecule has 0 bridgehead atoms. The van der Waals surface area contributed by atoms with Crippen molar-refractivity contribution in [2.75, 3.05) is 13.7 Å². The first-order valence-corrected chi connectivity index (χ1v) is 13.2. The van der Waals surface area contributed by atoms with E-state index < -0.39 is 17.7 Å². The van der Waals surface area contributed by atoms with Gasteiger partial charge in [0.1, 0.15) is 30.3 Å². The molecule has 3 aromatic carbocycles. The summed E-state index contributed by atoms with van der Waals surface area (Å²) in [6, 6.07) is 18.1. The summed E-state index contributed by atoms with van der Waals surface area (Å²) >= 11 is 12.0. The number of alkyl carbamates (subject to hydrolysis) is 1. The molecule has 40 heavy (non-hydrogen) atoms. The molecule has 1 N–H and O–H groups in total. The Morgan fingerprint density at radius 2 is 1.75 bits per heavy atom. The van der Waals surface area contributed by atoms with Gasteiger partial charge < -0.3 is 23.7 Å². The Labute approximate surface area is 242 Å². The number of benzene rings is 3. The molecule has 0 aliphatic carbocycles. The van der Waals surface area contributed by atoms with E-state index in [2.05, 4.69) is 5.32 Å². The molecule has 0 fully saturated rings. The van der Waals surface area contributed by atoms with Crippen LogP contribution in [0.4, 0.5) is 4.79 Å². The van der Waals surface area contributed by atoms with E-state index in [4.69, 9.17) is 46.9 Å². The number of nitrogens with one attached hydrogen (secondary N) is 1. The van der Waals surface area contributed by atoms with Gasteiger partial charge in [-0.2, -0.15) is 0 Å². The van der Waals surface area contributed by atoms with Gasteiger partial charge in [-0.25, -0.2) is 9.59 Å². The van der Waals surface area contributed by atoms with E-state index in [1.165, 1.54) is 13.2 Å². The van der Waals surface area contributed by atoms with Crippen LogP contribution in [0.1, 0.15) is 43.6 Å². The lowest BCUT2D eigenvalue weighted by Gasteiger charge is -2.27. The molecule has 0 aromatic heterocycles. The van der Waals surface area contributed by atoms with Crippen LogP contribution in [0.15, 0.2) is 66.4 Å². The van der Waals surface area contributed by atoms with Gasteiger partial charge >= 0.3 is 12.1 Å². The first-order valence-electron chi connectivity index (χ1n) is 12.4. The zero-order valence-corrected chi connectivity index (χ0v) is 24.0. The van der Waals surface area contributed by atoms with Crippen LogP contribution in [0.25, 0.3) is 6.08 Å². The fraction of sp³-hybridized carbons (Fsp3) is 0.267. The predicted octanol–water partition coefficient (Wildman–Crippen LogP) is 7.12. The predicted molar refractivity (Wildman–Crippen MR) is 152 cm³/mol. The average molecular weight is 586 g/mol. The van der Waals surface area contributed by atoms with Gasteiger partial charge in [0.15, 0.2) is 17.6 Å². The molecule has 0 saturated heterocycles. The second-order valence-corrected chi connectivity index (χ2v) is 10.7. The number of hydrogen-bond acceptors (Lipinski definition) is 7. The largest absolute Gasteiger partial charge is 0.489 e. The van der Waals surface area contributed by atoms with Crippen molar-refractivity contribution in [2.24, 2.45) is 0 Å². The summed E-state index contributed by atoms with van der Waals surface area (Å²) < 4.78 is 28.0. The van der Waals surface area contributed by atoms with Gasteiger partial charge in [0.05, 0.1) is 17.2 Å². The Morgan fingerprint density at radius 3 is 2.42 bits per heavy atom. The molecule has 4 rings (SSSR count). The van der Waals surface area contributed by atoms with Crippen molar-refractivity contribution in [3.8, 4) is 17.2 Å². The van der Waals surface area contributed by atoms with E-state index in [1.54, 1.807) is 51.1 Å². The lowest BCUT2D eigenvalue weighted by atomic mass is 10.1. The maximum absolute atomic E-state index is 12.2. The van der Waals surface area contributed by atoms with Crippen molar-refractivity contribution in [1.82, 2.24) is 5.32 Å². The Hall–Kier alpha value is -3.88. The standard InChI is InChI=1S/C30H29Cl2NO7/c1-30(2,3)40-29(35)33-24(28(34)36-4)14-18-6-12-25-26(15-18)38-17-27(39-25)20-7-9-21(10-8-20)37-16-19-5-11-22(31)23(32)13-19/h5-15,27H,16-17H2,1-4H3,(H,33,35)/t27-/m0/s1. The monoisotopic (exact) mass is 585 g/mol. The minimum absolute atomic E-state index is 0.0761. The van der Waals surface area contributed by atoms with Crippen molar-refractivity contribution in [1.29, 1.82) is 0 Å². The first kappa shape index (κ1) is 29.1. The molecule has 3 aromatic rings. The summed E-state index contributed by atoms with van der Waals surface area (Å²) in [4.78, 5) is 24.4. The molecule has 1 atom stereocenters. The molecular weight excluding hydrogens is 557 g/mol. The lowest BCUT2D eigenvalue weighted by molar-refractivity contribution is -0.136. The SMILES string of the molecule is COC(=O)C(=Cc1ccc2c(c1)OC[C@@H](c1ccc(OCc3ccc(Cl)c(Cl)c3)cc1)O2)NC(=O)OC(C)(C)C. The van der Waals surface area contributed by atoms with Crippen molar-refractivity contribution >= 4 is 41.3 Å². The van der Waals surface area contributed by atoms with Gasteiger partial charge in [-0.05, 0) is 79.9 Å². The maximum atomic E-state index is 12.2. The summed E-state index contributed by atoms with van der Waals surface area (Å²) in [6.07, 6.45) is 0.384. The lowest BCUT2D eigenvalue weighted by Crippen LogP contribution is -2.34. The third-order valence-electron chi connectivity index (χ3n) is 5.62. The highest BCUT2D eigenvalue weighted by molar-refractivity contribution is 6.42. The van der Waals surface area contributed by atoms with Crippen LogP contribution < -0.4 is 19.5 Å². The van der Waals surface area contributed by atoms with Crippen LogP contribution >= 0.6 is 23.2 Å². The van der Waals surface area contributed by atoms with Gasteiger partial charge in [-0.3, -0.25) is 5.32 Å². The van der Waals surface area contributed by atoms with Crippen LogP contribution in [-0.4, -0.2) is 31.4 Å². The van der Waals surface area contributed by atoms with Crippen LogP contribution in [0.3, 0.4) is 0 Å². The highest BCUT2D eigenvalue weighted by atomic mass is 35.5. The summed E-state index contributed by atoms with van der Waals surface area (Å²) in [6.45, 7) is 5.82. The molecule has 0 saturated carbocycles. The molecular formula is C30H29Cl2NO7. The van der Waals surface area contributed by atoms with Gasteiger partial charge in [0, 0.05) is 0 Å². The fourth-order valence-electron chi connectivity index (χ4n) is 3.75. The number of carbonyl (C=O) groups is 2. The smallest absolute Gasteiger partial charge is 0.412 e. The van der Waals surface area contributed by atoms with E-state index in [0.29, 0.717) is 39.5 Å². The van der Waals surface area contributed by atoms with Crippen molar-refractivity contribution < 1.29 is 33.3 Å². The summed E-state index contributed by atoms with van der Waals surface area (Å²) in [5.41, 5.74) is 1.63. The second kappa shape index (κ2) is 12.5. The van der Waals surface area contributed by atoms with Crippen molar-refractivity contribution in [2.45, 2.75) is 39.1 Å². The fourth-order valence-corrected chi connectivity index (χ4v) is 4.07. The highest BCUT2D eigenvalue weighted by Gasteiger charge is 2.24. The highest BCUT2D eigenvalue weighted by Crippen LogP contribution is 2.37. The minimum atomic E-state index is -0.768. The Morgan fingerprint density at radius 1 is 1.00 bits per heavy atom. The molecule has 0 unspecified atom stereocenters. The molecule has 10 heteroatoms. The molecule has 8 nitrogen and oxygen atoms in total. The number of fused-ring (bicyclic) bond motifs is 1. The summed E-state index contributed by atoms with van der Waals surface area (Å²) in [5.74, 6) is 1.04. The van der Waals surface area contributed by atoms with Gasteiger partial charge in [0.25, 0.3) is 0 Å². The molecule has 1 heterocycles. The van der Waals surface area contributed by atoms with E-state index >= 15 is 0 Å². The number of esters is 1. The number of halogens is 2. The maximum Gasteiger partial charge on any atom is 0.412 e. The quantitative estimate of drug-likeness (QED) is 0.233. The second-order valence-electron chi connectivity index (χ2n) is 9.91. The Bertz CT molecular complexity index is 1410. The Balaban J connectivity index is 1.40. The van der Waals surface area contributed by atoms with E-state index in [0.717, 1.165) is 11.1 Å². The number of hydrogen-bond donors (Lipinski definition) is 1. The zero-order chi connectivity index (χ0) is 28.9. The molecule has 210 valence electrons. The third-order valence-corrected chi connectivity index (χ3v) is 6.36. The van der Waals surface area contributed by atoms with Crippen molar-refractivity contribution in [3.63, 3.8) is 0 Å². The third kappa shape index (κ3) is 7.83. The normalized spacial score (nSPS) is 14.8. The number of carbonyl (C=O) groups excluding carboxylic acids is 2. The van der Waals surface area contributed by atoms with Crippen LogP contribution in [0.2, 0.25) is 10.0 Å². The van der Waals surface area contributed by atoms with E-state index in [1.807, 2.05) is 30.3 Å². The number of rotatable bonds is 7.